The zero-order valence-electron chi connectivity index (χ0n) is 27.2. The highest BCUT2D eigenvalue weighted by Gasteiger charge is 2.17. The van der Waals surface area contributed by atoms with E-state index in [0.717, 1.165) is 5.52 Å². The molecule has 0 amide bonds. The van der Waals surface area contributed by atoms with Gasteiger partial charge in [-0.1, -0.05) is 121 Å². The van der Waals surface area contributed by atoms with E-state index < -0.39 is 0 Å². The number of H-pyrrole nitrogens is 1. The van der Waals surface area contributed by atoms with Crippen molar-refractivity contribution < 1.29 is 0 Å². The number of para-hydroxylation sites is 3. The average molecular weight is 635 g/mol. The minimum absolute atomic E-state index is 1.15. The number of nitrogens with zero attached hydrogens (tertiary/aromatic N) is 1. The fourth-order valence-corrected chi connectivity index (χ4v) is 8.43. The minimum atomic E-state index is 1.15. The van der Waals surface area contributed by atoms with Gasteiger partial charge in [-0.05, 0) is 104 Å². The minimum Gasteiger partial charge on any atom is -0.354 e. The summed E-state index contributed by atoms with van der Waals surface area (Å²) >= 11 is 0. The average Bonchev–Trinajstić information content (AvgIpc) is 3.73. The zero-order valence-corrected chi connectivity index (χ0v) is 27.2. The summed E-state index contributed by atoms with van der Waals surface area (Å²) in [6.07, 6.45) is 0. The van der Waals surface area contributed by atoms with Crippen LogP contribution < -0.4 is 0 Å². The lowest BCUT2D eigenvalue weighted by molar-refractivity contribution is 1.18. The molecule has 2 nitrogen and oxygen atoms in total. The van der Waals surface area contributed by atoms with Gasteiger partial charge in [-0.2, -0.15) is 0 Å². The number of aromatic amines is 1. The summed E-state index contributed by atoms with van der Waals surface area (Å²) in [7, 11) is 0. The first-order chi connectivity index (χ1) is 24.8. The van der Waals surface area contributed by atoms with Crippen LogP contribution >= 0.6 is 0 Å². The molecular formula is C48H30N2. The van der Waals surface area contributed by atoms with Crippen molar-refractivity contribution in [2.24, 2.45) is 0 Å². The lowest BCUT2D eigenvalue weighted by atomic mass is 9.90. The van der Waals surface area contributed by atoms with Crippen molar-refractivity contribution >= 4 is 75.9 Å². The molecule has 2 heterocycles. The molecule has 0 spiro atoms. The lowest BCUT2D eigenvalue weighted by Gasteiger charge is -2.13. The molecule has 0 saturated carbocycles. The van der Waals surface area contributed by atoms with Crippen molar-refractivity contribution in [3.63, 3.8) is 0 Å². The highest BCUT2D eigenvalue weighted by atomic mass is 15.0. The molecule has 0 aliphatic rings. The predicted octanol–water partition coefficient (Wildman–Crippen LogP) is 13.2. The third-order valence-corrected chi connectivity index (χ3v) is 10.7. The summed E-state index contributed by atoms with van der Waals surface area (Å²) in [5, 5.41) is 12.7. The van der Waals surface area contributed by atoms with Crippen molar-refractivity contribution in [3.05, 3.63) is 176 Å². The SMILES string of the molecule is c1ccc(-n2c3ccccc3c3cc(-c4cc(-c5ccc6c7ccccc7c7ccccc7c6c5)cc5c4[nH]c4ccccc45)ccc32)cc1. The molecule has 232 valence electrons. The number of hydrogen-bond donors (Lipinski definition) is 1. The highest BCUT2D eigenvalue weighted by Crippen LogP contribution is 2.42. The Morgan fingerprint density at radius 1 is 0.320 bits per heavy atom. The van der Waals surface area contributed by atoms with E-state index in [2.05, 4.69) is 185 Å². The Balaban J connectivity index is 1.19. The number of fused-ring (bicyclic) bond motifs is 12. The molecule has 2 aromatic heterocycles. The number of rotatable bonds is 3. The van der Waals surface area contributed by atoms with E-state index in [9.17, 15) is 0 Å². The van der Waals surface area contributed by atoms with Crippen LogP contribution in [0, 0.1) is 0 Å². The van der Waals surface area contributed by atoms with E-state index in [1.807, 2.05) is 0 Å². The molecule has 1 N–H and O–H groups in total. The normalized spacial score (nSPS) is 12.0. The second kappa shape index (κ2) is 10.4. The molecule has 0 fully saturated rings. The molecule has 0 aliphatic carbocycles. The quantitative estimate of drug-likeness (QED) is 0.187. The van der Waals surface area contributed by atoms with Crippen LogP contribution in [0.15, 0.2) is 176 Å². The summed E-state index contributed by atoms with van der Waals surface area (Å²) in [5.41, 5.74) is 10.7. The van der Waals surface area contributed by atoms with Crippen molar-refractivity contribution in [1.29, 1.82) is 0 Å². The number of aromatic nitrogens is 2. The summed E-state index contributed by atoms with van der Waals surface area (Å²) in [4.78, 5) is 3.81. The summed E-state index contributed by atoms with van der Waals surface area (Å²) in [6, 6.07) is 64.5. The number of nitrogens with one attached hydrogen (secondary N) is 1. The molecule has 0 unspecified atom stereocenters. The molecule has 11 rings (SSSR count). The van der Waals surface area contributed by atoms with Crippen molar-refractivity contribution in [1.82, 2.24) is 9.55 Å². The smallest absolute Gasteiger partial charge is 0.0544 e. The van der Waals surface area contributed by atoms with Gasteiger partial charge in [-0.15, -0.1) is 0 Å². The Morgan fingerprint density at radius 2 is 0.860 bits per heavy atom. The molecule has 0 aliphatic heterocycles. The lowest BCUT2D eigenvalue weighted by Crippen LogP contribution is -1.93. The third-order valence-electron chi connectivity index (χ3n) is 10.7. The fourth-order valence-electron chi connectivity index (χ4n) is 8.43. The topological polar surface area (TPSA) is 20.7 Å². The van der Waals surface area contributed by atoms with Gasteiger partial charge in [-0.25, -0.2) is 0 Å². The van der Waals surface area contributed by atoms with Gasteiger partial charge in [0, 0.05) is 38.3 Å². The molecule has 0 bridgehead atoms. The molecule has 50 heavy (non-hydrogen) atoms. The fraction of sp³-hybridized carbons (Fsp3) is 0. The van der Waals surface area contributed by atoms with E-state index in [-0.39, 0.29) is 0 Å². The molecule has 11 aromatic rings. The van der Waals surface area contributed by atoms with Gasteiger partial charge in [0.15, 0.2) is 0 Å². The van der Waals surface area contributed by atoms with E-state index in [0.29, 0.717) is 0 Å². The Morgan fingerprint density at radius 3 is 1.62 bits per heavy atom. The zero-order chi connectivity index (χ0) is 32.8. The van der Waals surface area contributed by atoms with Crippen LogP contribution in [0.2, 0.25) is 0 Å². The molecule has 2 heteroatoms. The molecule has 0 saturated heterocycles. The van der Waals surface area contributed by atoms with Crippen LogP contribution in [0.5, 0.6) is 0 Å². The van der Waals surface area contributed by atoms with Gasteiger partial charge < -0.3 is 9.55 Å². The number of hydrogen-bond acceptors (Lipinski definition) is 0. The third kappa shape index (κ3) is 3.90. The van der Waals surface area contributed by atoms with Crippen LogP contribution in [0.4, 0.5) is 0 Å². The van der Waals surface area contributed by atoms with Gasteiger partial charge in [0.25, 0.3) is 0 Å². The first-order valence-corrected chi connectivity index (χ1v) is 17.3. The van der Waals surface area contributed by atoms with Crippen molar-refractivity contribution in [2.75, 3.05) is 0 Å². The van der Waals surface area contributed by atoms with Gasteiger partial charge in [0.05, 0.1) is 16.6 Å². The molecule has 0 radical (unpaired) electrons. The maximum atomic E-state index is 3.81. The van der Waals surface area contributed by atoms with Gasteiger partial charge >= 0.3 is 0 Å². The van der Waals surface area contributed by atoms with Crippen LogP contribution in [-0.4, -0.2) is 9.55 Å². The molecule has 9 aromatic carbocycles. The maximum absolute atomic E-state index is 3.81. The summed E-state index contributed by atoms with van der Waals surface area (Å²) in [5.74, 6) is 0. The van der Waals surface area contributed by atoms with Crippen molar-refractivity contribution in [3.8, 4) is 27.9 Å². The first-order valence-electron chi connectivity index (χ1n) is 17.3. The Kier molecular flexibility index (Phi) is 5.70. The van der Waals surface area contributed by atoms with Crippen LogP contribution in [-0.2, 0) is 0 Å². The molecular weight excluding hydrogens is 605 g/mol. The van der Waals surface area contributed by atoms with Crippen LogP contribution in [0.3, 0.4) is 0 Å². The molecule has 0 atom stereocenters. The van der Waals surface area contributed by atoms with E-state index >= 15 is 0 Å². The largest absolute Gasteiger partial charge is 0.354 e. The predicted molar refractivity (Wildman–Crippen MR) is 214 cm³/mol. The Labute approximate surface area is 288 Å². The second-order valence-corrected chi connectivity index (χ2v) is 13.4. The second-order valence-electron chi connectivity index (χ2n) is 13.4. The van der Waals surface area contributed by atoms with Crippen molar-refractivity contribution in [2.45, 2.75) is 0 Å². The highest BCUT2D eigenvalue weighted by molar-refractivity contribution is 6.26. The monoisotopic (exact) mass is 634 g/mol. The summed E-state index contributed by atoms with van der Waals surface area (Å²) in [6.45, 7) is 0. The van der Waals surface area contributed by atoms with Gasteiger partial charge in [0.1, 0.15) is 0 Å². The van der Waals surface area contributed by atoms with Gasteiger partial charge in [0.2, 0.25) is 0 Å². The van der Waals surface area contributed by atoms with E-state index in [1.54, 1.807) is 0 Å². The Bertz CT molecular complexity index is 3110. The van der Waals surface area contributed by atoms with Crippen LogP contribution in [0.1, 0.15) is 0 Å². The maximum Gasteiger partial charge on any atom is 0.0544 e. The van der Waals surface area contributed by atoms with E-state index in [1.165, 1.54) is 98.4 Å². The first kappa shape index (κ1) is 27.3. The van der Waals surface area contributed by atoms with Crippen LogP contribution in [0.25, 0.3) is 104 Å². The Hall–Kier alpha value is -6.64. The summed E-state index contributed by atoms with van der Waals surface area (Å²) < 4.78 is 2.38. The standard InChI is InChI=1S/C48H30N2/c1-2-12-33(13-3-1)50-46-21-11-9-19-40(46)43-27-31(23-25-47(43)50)41-28-32(29-44-39-18-8-10-20-45(39)49-48(41)44)30-22-24-38-36-16-5-4-14-34(36)35-15-6-7-17-37(35)42(38)26-30/h1-29,49H. The van der Waals surface area contributed by atoms with E-state index in [4.69, 9.17) is 0 Å². The van der Waals surface area contributed by atoms with Gasteiger partial charge in [-0.3, -0.25) is 0 Å². The number of benzene rings is 9.